The van der Waals surface area contributed by atoms with Gasteiger partial charge >= 0.3 is 0 Å². The van der Waals surface area contributed by atoms with Crippen LogP contribution in [0.3, 0.4) is 0 Å². The van der Waals surface area contributed by atoms with Gasteiger partial charge in [0.1, 0.15) is 5.75 Å². The molecule has 0 amide bonds. The summed E-state index contributed by atoms with van der Waals surface area (Å²) in [4.78, 5) is 4.25. The van der Waals surface area contributed by atoms with E-state index in [0.29, 0.717) is 18.4 Å². The molecule has 0 saturated heterocycles. The lowest BCUT2D eigenvalue weighted by molar-refractivity contribution is 0.174. The Labute approximate surface area is 181 Å². The van der Waals surface area contributed by atoms with Gasteiger partial charge in [0.25, 0.3) is 0 Å². The van der Waals surface area contributed by atoms with Crippen molar-refractivity contribution in [2.75, 3.05) is 27.5 Å². The van der Waals surface area contributed by atoms with Gasteiger partial charge in [-0.1, -0.05) is 23.7 Å². The van der Waals surface area contributed by atoms with E-state index in [9.17, 15) is 0 Å². The number of benzene rings is 2. The van der Waals surface area contributed by atoms with Crippen molar-refractivity contribution < 1.29 is 14.2 Å². The van der Waals surface area contributed by atoms with Gasteiger partial charge in [0, 0.05) is 30.7 Å². The molecule has 0 fully saturated rings. The lowest BCUT2D eigenvalue weighted by Gasteiger charge is -2.14. The number of hydrogen-bond acceptors (Lipinski definition) is 4. The fourth-order valence-corrected chi connectivity index (χ4v) is 2.85. The first-order valence-electron chi connectivity index (χ1n) is 8.35. The van der Waals surface area contributed by atoms with Crippen molar-refractivity contribution in [3.05, 3.63) is 52.5 Å². The minimum absolute atomic E-state index is 0. The van der Waals surface area contributed by atoms with Gasteiger partial charge in [-0.3, -0.25) is 4.99 Å². The van der Waals surface area contributed by atoms with Crippen molar-refractivity contribution in [3.63, 3.8) is 0 Å². The Morgan fingerprint density at radius 3 is 2.74 bits per heavy atom. The van der Waals surface area contributed by atoms with Gasteiger partial charge in [-0.2, -0.15) is 0 Å². The molecule has 0 aliphatic carbocycles. The van der Waals surface area contributed by atoms with Crippen molar-refractivity contribution >= 4 is 41.5 Å². The van der Waals surface area contributed by atoms with Gasteiger partial charge in [-0.25, -0.2) is 0 Å². The number of nitrogens with one attached hydrogen (secondary N) is 2. The molecule has 3 rings (SSSR count). The van der Waals surface area contributed by atoms with Crippen LogP contribution in [-0.2, 0) is 13.0 Å². The van der Waals surface area contributed by atoms with E-state index < -0.39 is 0 Å². The minimum Gasteiger partial charge on any atom is -0.496 e. The number of methoxy groups -OCH3 is 1. The Morgan fingerprint density at radius 1 is 1.15 bits per heavy atom. The third-order valence-corrected chi connectivity index (χ3v) is 4.30. The minimum atomic E-state index is 0. The van der Waals surface area contributed by atoms with Gasteiger partial charge in [-0.15, -0.1) is 24.0 Å². The molecule has 0 saturated carbocycles. The molecule has 0 radical (unpaired) electrons. The van der Waals surface area contributed by atoms with E-state index in [-0.39, 0.29) is 24.0 Å². The molecule has 2 aromatic carbocycles. The second-order valence-corrected chi connectivity index (χ2v) is 6.18. The van der Waals surface area contributed by atoms with E-state index >= 15 is 0 Å². The first-order chi connectivity index (χ1) is 12.7. The van der Waals surface area contributed by atoms with Crippen LogP contribution < -0.4 is 24.8 Å². The quantitative estimate of drug-likeness (QED) is 0.358. The zero-order chi connectivity index (χ0) is 18.4. The molecule has 0 unspecified atom stereocenters. The maximum atomic E-state index is 5.99. The summed E-state index contributed by atoms with van der Waals surface area (Å²) in [5.74, 6) is 3.08. The van der Waals surface area contributed by atoms with Gasteiger partial charge in [-0.05, 0) is 36.2 Å². The van der Waals surface area contributed by atoms with E-state index in [0.717, 1.165) is 41.7 Å². The van der Waals surface area contributed by atoms with Crippen LogP contribution in [0.4, 0.5) is 0 Å². The van der Waals surface area contributed by atoms with Gasteiger partial charge in [0.15, 0.2) is 17.5 Å². The number of fused-ring (bicyclic) bond motifs is 1. The summed E-state index contributed by atoms with van der Waals surface area (Å²) in [6, 6.07) is 11.6. The van der Waals surface area contributed by atoms with Gasteiger partial charge in [0.05, 0.1) is 7.11 Å². The van der Waals surface area contributed by atoms with Crippen LogP contribution in [0.2, 0.25) is 5.02 Å². The molecular formula is C19H23ClIN3O3. The summed E-state index contributed by atoms with van der Waals surface area (Å²) in [6.07, 6.45) is 0.849. The SMILES string of the molecule is CN=C(NCCc1ccc2c(c1)OCO2)NCc1ccc(Cl)cc1OC.I. The second-order valence-electron chi connectivity index (χ2n) is 5.75. The van der Waals surface area contributed by atoms with Crippen molar-refractivity contribution in [3.8, 4) is 17.2 Å². The number of ether oxygens (including phenoxy) is 3. The van der Waals surface area contributed by atoms with Crippen LogP contribution in [0.5, 0.6) is 17.2 Å². The average molecular weight is 504 g/mol. The summed E-state index contributed by atoms with van der Waals surface area (Å²) >= 11 is 5.99. The second kappa shape index (κ2) is 10.5. The van der Waals surface area contributed by atoms with E-state index in [1.165, 1.54) is 5.56 Å². The van der Waals surface area contributed by atoms with E-state index in [1.54, 1.807) is 20.2 Å². The third kappa shape index (κ3) is 5.80. The number of rotatable bonds is 6. The average Bonchev–Trinajstić information content (AvgIpc) is 3.13. The molecule has 27 heavy (non-hydrogen) atoms. The lowest BCUT2D eigenvalue weighted by atomic mass is 10.1. The molecule has 8 heteroatoms. The third-order valence-electron chi connectivity index (χ3n) is 4.06. The molecule has 2 aromatic rings. The normalized spacial score (nSPS) is 12.3. The van der Waals surface area contributed by atoms with Crippen LogP contribution in [0.25, 0.3) is 0 Å². The summed E-state index contributed by atoms with van der Waals surface area (Å²) in [7, 11) is 3.38. The highest BCUT2D eigenvalue weighted by Gasteiger charge is 2.13. The highest BCUT2D eigenvalue weighted by Crippen LogP contribution is 2.32. The predicted octanol–water partition coefficient (Wildman–Crippen LogP) is 3.60. The van der Waals surface area contributed by atoms with Crippen LogP contribution in [0.1, 0.15) is 11.1 Å². The van der Waals surface area contributed by atoms with Gasteiger partial charge in [0.2, 0.25) is 6.79 Å². The highest BCUT2D eigenvalue weighted by molar-refractivity contribution is 14.0. The van der Waals surface area contributed by atoms with Crippen LogP contribution in [-0.4, -0.2) is 33.5 Å². The monoisotopic (exact) mass is 503 g/mol. The number of nitrogens with zero attached hydrogens (tertiary/aromatic N) is 1. The molecule has 0 aromatic heterocycles. The Kier molecular flexibility index (Phi) is 8.30. The summed E-state index contributed by atoms with van der Waals surface area (Å²) in [6.45, 7) is 1.63. The Bertz CT molecular complexity index is 802. The summed E-state index contributed by atoms with van der Waals surface area (Å²) in [5, 5.41) is 7.23. The summed E-state index contributed by atoms with van der Waals surface area (Å²) in [5.41, 5.74) is 2.19. The van der Waals surface area contributed by atoms with E-state index in [2.05, 4.69) is 15.6 Å². The Morgan fingerprint density at radius 2 is 1.96 bits per heavy atom. The van der Waals surface area contributed by atoms with Crippen molar-refractivity contribution in [2.45, 2.75) is 13.0 Å². The number of aliphatic imine (C=N–C) groups is 1. The molecular weight excluding hydrogens is 481 g/mol. The van der Waals surface area contributed by atoms with Crippen molar-refractivity contribution in [1.29, 1.82) is 0 Å². The smallest absolute Gasteiger partial charge is 0.231 e. The van der Waals surface area contributed by atoms with E-state index in [1.807, 2.05) is 30.3 Å². The fourth-order valence-electron chi connectivity index (χ4n) is 2.69. The molecule has 1 aliphatic heterocycles. The van der Waals surface area contributed by atoms with Crippen LogP contribution in [0.15, 0.2) is 41.4 Å². The van der Waals surface area contributed by atoms with Gasteiger partial charge < -0.3 is 24.8 Å². The standard InChI is InChI=1S/C19H22ClN3O3.HI/c1-21-19(23-11-14-4-5-15(20)10-17(14)24-2)22-8-7-13-3-6-16-18(9-13)26-12-25-16;/h3-6,9-10H,7-8,11-12H2,1-2H3,(H2,21,22,23);1H. The maximum absolute atomic E-state index is 5.99. The Hall–Kier alpha value is -1.87. The zero-order valence-electron chi connectivity index (χ0n) is 15.3. The number of guanidine groups is 1. The maximum Gasteiger partial charge on any atom is 0.231 e. The molecule has 2 N–H and O–H groups in total. The topological polar surface area (TPSA) is 64.1 Å². The molecule has 0 bridgehead atoms. The largest absolute Gasteiger partial charge is 0.496 e. The highest BCUT2D eigenvalue weighted by atomic mass is 127. The Balaban J connectivity index is 0.00000261. The fraction of sp³-hybridized carbons (Fsp3) is 0.316. The van der Waals surface area contributed by atoms with E-state index in [4.69, 9.17) is 25.8 Å². The first-order valence-corrected chi connectivity index (χ1v) is 8.73. The van der Waals surface area contributed by atoms with Crippen molar-refractivity contribution in [2.24, 2.45) is 4.99 Å². The number of halogens is 2. The molecule has 0 atom stereocenters. The molecule has 146 valence electrons. The zero-order valence-corrected chi connectivity index (χ0v) is 18.3. The first kappa shape index (κ1) is 21.4. The molecule has 0 spiro atoms. The summed E-state index contributed by atoms with van der Waals surface area (Å²) < 4.78 is 16.1. The predicted molar refractivity (Wildman–Crippen MR) is 118 cm³/mol. The molecule has 1 heterocycles. The van der Waals surface area contributed by atoms with Crippen molar-refractivity contribution in [1.82, 2.24) is 10.6 Å². The lowest BCUT2D eigenvalue weighted by Crippen LogP contribution is -2.37. The number of hydrogen-bond donors (Lipinski definition) is 2. The molecule has 1 aliphatic rings. The molecule has 6 nitrogen and oxygen atoms in total. The van der Waals surface area contributed by atoms with Crippen LogP contribution >= 0.6 is 35.6 Å². The van der Waals surface area contributed by atoms with Crippen LogP contribution in [0, 0.1) is 0 Å².